The molecule has 5 nitrogen and oxygen atoms in total. The van der Waals surface area contributed by atoms with Crippen LogP contribution >= 0.6 is 0 Å². The van der Waals surface area contributed by atoms with Gasteiger partial charge in [0.05, 0.1) is 18.4 Å². The summed E-state index contributed by atoms with van der Waals surface area (Å²) in [7, 11) is 1.63. The minimum absolute atomic E-state index is 0.0243. The lowest BCUT2D eigenvalue weighted by Crippen LogP contribution is -2.28. The average Bonchev–Trinajstić information content (AvgIpc) is 3.09. The van der Waals surface area contributed by atoms with Crippen LogP contribution in [0.5, 0.6) is 5.75 Å². The molecule has 1 aliphatic rings. The summed E-state index contributed by atoms with van der Waals surface area (Å²) in [5, 5.41) is 0. The molecule has 1 amide bonds. The van der Waals surface area contributed by atoms with Crippen molar-refractivity contribution in [3.8, 4) is 17.0 Å². The molecule has 2 aromatic rings. The molecule has 0 radical (unpaired) electrons. The predicted octanol–water partition coefficient (Wildman–Crippen LogP) is 2.58. The molecule has 1 aliphatic heterocycles. The van der Waals surface area contributed by atoms with Crippen molar-refractivity contribution in [3.05, 3.63) is 42.0 Å². The normalized spacial score (nSPS) is 14.1. The molecule has 3 rings (SSSR count). The molecule has 0 spiro atoms. The Balaban J connectivity index is 1.86. The molecule has 1 aromatic heterocycles. The van der Waals surface area contributed by atoms with E-state index in [1.165, 1.54) is 0 Å². The molecule has 114 valence electrons. The Bertz CT molecular complexity index is 677. The molecule has 0 saturated carbocycles. The second-order valence-electron chi connectivity index (χ2n) is 5.36. The molecule has 0 atom stereocenters. The summed E-state index contributed by atoms with van der Waals surface area (Å²) < 4.78 is 5.14. The number of hydrogen-bond acceptors (Lipinski definition) is 4. The lowest BCUT2D eigenvalue weighted by molar-refractivity contribution is 0.0793. The van der Waals surface area contributed by atoms with E-state index < -0.39 is 0 Å². The third-order valence-corrected chi connectivity index (χ3v) is 3.93. The van der Waals surface area contributed by atoms with E-state index in [0.29, 0.717) is 5.56 Å². The van der Waals surface area contributed by atoms with E-state index in [1.807, 2.05) is 35.2 Å². The maximum atomic E-state index is 12.4. The first-order valence-electron chi connectivity index (χ1n) is 7.39. The van der Waals surface area contributed by atoms with Crippen molar-refractivity contribution < 1.29 is 9.53 Å². The van der Waals surface area contributed by atoms with Crippen molar-refractivity contribution >= 4 is 11.7 Å². The Morgan fingerprint density at radius 2 is 1.82 bits per heavy atom. The van der Waals surface area contributed by atoms with Gasteiger partial charge in [0.15, 0.2) is 0 Å². The van der Waals surface area contributed by atoms with Crippen molar-refractivity contribution in [2.24, 2.45) is 0 Å². The number of hydrogen-bond donors (Lipinski definition) is 1. The monoisotopic (exact) mass is 297 g/mol. The van der Waals surface area contributed by atoms with Gasteiger partial charge in [0.25, 0.3) is 5.91 Å². The number of carbonyl (C=O) groups excluding carboxylic acids is 1. The SMILES string of the molecule is COc1ccc(-c2ccc(C(=O)N3CCCC3)c(N)n2)cc1. The lowest BCUT2D eigenvalue weighted by atomic mass is 10.1. The third kappa shape index (κ3) is 2.74. The van der Waals surface area contributed by atoms with E-state index in [1.54, 1.807) is 13.2 Å². The van der Waals surface area contributed by atoms with E-state index >= 15 is 0 Å². The highest BCUT2D eigenvalue weighted by atomic mass is 16.5. The highest BCUT2D eigenvalue weighted by Gasteiger charge is 2.22. The number of carbonyl (C=O) groups is 1. The van der Waals surface area contributed by atoms with Crippen LogP contribution in [0.1, 0.15) is 23.2 Å². The number of nitrogens with two attached hydrogens (primary N) is 1. The highest BCUT2D eigenvalue weighted by molar-refractivity contribution is 5.98. The maximum Gasteiger partial charge on any atom is 0.257 e. The highest BCUT2D eigenvalue weighted by Crippen LogP contribution is 2.24. The molecule has 1 aromatic carbocycles. The number of methoxy groups -OCH3 is 1. The van der Waals surface area contributed by atoms with Crippen molar-refractivity contribution in [2.75, 3.05) is 25.9 Å². The first-order valence-corrected chi connectivity index (χ1v) is 7.39. The van der Waals surface area contributed by atoms with Crippen molar-refractivity contribution in [3.63, 3.8) is 0 Å². The minimum atomic E-state index is -0.0243. The van der Waals surface area contributed by atoms with Crippen LogP contribution in [0, 0.1) is 0 Å². The van der Waals surface area contributed by atoms with Gasteiger partial charge in [-0.1, -0.05) is 0 Å². The Hall–Kier alpha value is -2.56. The van der Waals surface area contributed by atoms with E-state index in [-0.39, 0.29) is 11.7 Å². The Morgan fingerprint density at radius 1 is 1.14 bits per heavy atom. The second kappa shape index (κ2) is 6.05. The molecule has 1 fully saturated rings. The summed E-state index contributed by atoms with van der Waals surface area (Å²) in [6, 6.07) is 11.2. The number of pyridine rings is 1. The molecule has 1 saturated heterocycles. The molecular formula is C17H19N3O2. The van der Waals surface area contributed by atoms with Gasteiger partial charge < -0.3 is 15.4 Å². The van der Waals surface area contributed by atoms with Crippen LogP contribution in [0.4, 0.5) is 5.82 Å². The molecule has 2 N–H and O–H groups in total. The first kappa shape index (κ1) is 14.4. The van der Waals surface area contributed by atoms with Crippen molar-refractivity contribution in [2.45, 2.75) is 12.8 Å². The summed E-state index contributed by atoms with van der Waals surface area (Å²) in [5.74, 6) is 1.05. The molecule has 2 heterocycles. The number of nitrogen functional groups attached to an aromatic ring is 1. The van der Waals surface area contributed by atoms with E-state index in [9.17, 15) is 4.79 Å². The van der Waals surface area contributed by atoms with Crippen LogP contribution < -0.4 is 10.5 Å². The molecule has 0 bridgehead atoms. The summed E-state index contributed by atoms with van der Waals surface area (Å²) >= 11 is 0. The van der Waals surface area contributed by atoms with Gasteiger partial charge in [-0.15, -0.1) is 0 Å². The van der Waals surface area contributed by atoms with Crippen LogP contribution in [0.3, 0.4) is 0 Å². The molecule has 5 heteroatoms. The number of ether oxygens (including phenoxy) is 1. The number of aromatic nitrogens is 1. The fourth-order valence-corrected chi connectivity index (χ4v) is 2.67. The van der Waals surface area contributed by atoms with E-state index in [2.05, 4.69) is 4.98 Å². The molecule has 22 heavy (non-hydrogen) atoms. The predicted molar refractivity (Wildman–Crippen MR) is 85.8 cm³/mol. The molecular weight excluding hydrogens is 278 g/mol. The van der Waals surface area contributed by atoms with Gasteiger partial charge in [0.1, 0.15) is 11.6 Å². The van der Waals surface area contributed by atoms with Crippen LogP contribution in [0.25, 0.3) is 11.3 Å². The number of amides is 1. The molecule has 0 unspecified atom stereocenters. The van der Waals surface area contributed by atoms with E-state index in [4.69, 9.17) is 10.5 Å². The zero-order valence-electron chi connectivity index (χ0n) is 12.6. The fourth-order valence-electron chi connectivity index (χ4n) is 2.67. The number of benzene rings is 1. The van der Waals surface area contributed by atoms with Gasteiger partial charge in [0.2, 0.25) is 0 Å². The van der Waals surface area contributed by atoms with Gasteiger partial charge in [-0.25, -0.2) is 4.98 Å². The quantitative estimate of drug-likeness (QED) is 0.945. The van der Waals surface area contributed by atoms with Gasteiger partial charge in [-0.05, 0) is 49.2 Å². The third-order valence-electron chi connectivity index (χ3n) is 3.93. The van der Waals surface area contributed by atoms with Crippen LogP contribution in [0.2, 0.25) is 0 Å². The number of nitrogens with zero attached hydrogens (tertiary/aromatic N) is 2. The van der Waals surface area contributed by atoms with Gasteiger partial charge in [0, 0.05) is 18.7 Å². The fraction of sp³-hybridized carbons (Fsp3) is 0.294. The van der Waals surface area contributed by atoms with Crippen molar-refractivity contribution in [1.82, 2.24) is 9.88 Å². The zero-order chi connectivity index (χ0) is 15.5. The topological polar surface area (TPSA) is 68.5 Å². The summed E-state index contributed by atoms with van der Waals surface area (Å²) in [6.45, 7) is 1.61. The summed E-state index contributed by atoms with van der Waals surface area (Å²) in [6.07, 6.45) is 2.12. The first-order chi connectivity index (χ1) is 10.7. The van der Waals surface area contributed by atoms with Crippen LogP contribution in [-0.2, 0) is 0 Å². The standard InChI is InChI=1S/C17H19N3O2/c1-22-13-6-4-12(5-7-13)15-9-8-14(16(18)19-15)17(21)20-10-2-3-11-20/h4-9H,2-3,10-11H2,1H3,(H2,18,19). The molecule has 0 aliphatic carbocycles. The Kier molecular flexibility index (Phi) is 3.96. The average molecular weight is 297 g/mol. The van der Waals surface area contributed by atoms with Crippen LogP contribution in [0.15, 0.2) is 36.4 Å². The Labute approximate surface area is 129 Å². The summed E-state index contributed by atoms with van der Waals surface area (Å²) in [5.41, 5.74) is 8.17. The van der Waals surface area contributed by atoms with E-state index in [0.717, 1.165) is 42.9 Å². The largest absolute Gasteiger partial charge is 0.497 e. The number of anilines is 1. The number of likely N-dealkylation sites (tertiary alicyclic amines) is 1. The lowest BCUT2D eigenvalue weighted by Gasteiger charge is -2.16. The smallest absolute Gasteiger partial charge is 0.257 e. The van der Waals surface area contributed by atoms with Crippen LogP contribution in [-0.4, -0.2) is 36.0 Å². The summed E-state index contributed by atoms with van der Waals surface area (Å²) in [4.78, 5) is 18.6. The van der Waals surface area contributed by atoms with Gasteiger partial charge in [-0.2, -0.15) is 0 Å². The van der Waals surface area contributed by atoms with Crippen molar-refractivity contribution in [1.29, 1.82) is 0 Å². The maximum absolute atomic E-state index is 12.4. The van der Waals surface area contributed by atoms with Gasteiger partial charge >= 0.3 is 0 Å². The zero-order valence-corrected chi connectivity index (χ0v) is 12.6. The minimum Gasteiger partial charge on any atom is -0.497 e. The second-order valence-corrected chi connectivity index (χ2v) is 5.36. The Morgan fingerprint density at radius 3 is 2.41 bits per heavy atom. The number of rotatable bonds is 3. The van der Waals surface area contributed by atoms with Gasteiger partial charge in [-0.3, -0.25) is 4.79 Å².